The van der Waals surface area contributed by atoms with E-state index >= 15 is 0 Å². The third-order valence-corrected chi connectivity index (χ3v) is 4.44. The molecule has 138 valence electrons. The molecule has 1 aliphatic rings. The molecule has 2 amide bonds. The number of benzene rings is 1. The number of esters is 1. The number of halogens is 2. The van der Waals surface area contributed by atoms with Gasteiger partial charge in [-0.2, -0.15) is 0 Å². The Balaban J connectivity index is 2.30. The Bertz CT molecular complexity index is 639. The van der Waals surface area contributed by atoms with E-state index in [0.29, 0.717) is 25.9 Å². The molecule has 7 heteroatoms. The zero-order chi connectivity index (χ0) is 18.4. The van der Waals surface area contributed by atoms with Crippen LogP contribution in [0.5, 0.6) is 0 Å². The first-order valence-electron chi connectivity index (χ1n) is 8.56. The molecule has 1 aromatic carbocycles. The van der Waals surface area contributed by atoms with E-state index in [1.807, 2.05) is 6.92 Å². The molecular weight excluding hydrogens is 330 g/mol. The fourth-order valence-corrected chi connectivity index (χ4v) is 3.27. The predicted octanol–water partition coefficient (Wildman–Crippen LogP) is 2.88. The number of hydrogen-bond donors (Lipinski definition) is 1. The summed E-state index contributed by atoms with van der Waals surface area (Å²) in [5, 5.41) is 2.72. The summed E-state index contributed by atoms with van der Waals surface area (Å²) in [7, 11) is 0. The highest BCUT2D eigenvalue weighted by Crippen LogP contribution is 2.36. The summed E-state index contributed by atoms with van der Waals surface area (Å²) < 4.78 is 32.5. The van der Waals surface area contributed by atoms with Gasteiger partial charge in [0.2, 0.25) is 0 Å². The molecule has 25 heavy (non-hydrogen) atoms. The monoisotopic (exact) mass is 354 g/mol. The Labute approximate surface area is 146 Å². The quantitative estimate of drug-likeness (QED) is 0.827. The molecule has 1 atom stereocenters. The van der Waals surface area contributed by atoms with Gasteiger partial charge in [-0.1, -0.05) is 6.07 Å². The van der Waals surface area contributed by atoms with Crippen LogP contribution in [0.1, 0.15) is 32.3 Å². The lowest BCUT2D eigenvalue weighted by Crippen LogP contribution is -2.54. The number of carbonyl (C=O) groups excluding carboxylic acids is 2. The Morgan fingerprint density at radius 1 is 1.32 bits per heavy atom. The van der Waals surface area contributed by atoms with Crippen LogP contribution in [-0.4, -0.2) is 43.1 Å². The van der Waals surface area contributed by atoms with Crippen molar-refractivity contribution in [2.24, 2.45) is 5.41 Å². The SMILES string of the molecule is CCNC(=O)N1CCC[C@@](Cc2ccc(F)cc2F)(C(=O)OCC)C1. The smallest absolute Gasteiger partial charge is 0.317 e. The van der Waals surface area contributed by atoms with E-state index in [2.05, 4.69) is 5.32 Å². The highest BCUT2D eigenvalue weighted by Gasteiger charge is 2.45. The molecule has 0 unspecified atom stereocenters. The summed E-state index contributed by atoms with van der Waals surface area (Å²) >= 11 is 0. The number of likely N-dealkylation sites (tertiary alicyclic amines) is 1. The van der Waals surface area contributed by atoms with Gasteiger partial charge in [-0.3, -0.25) is 4.79 Å². The number of rotatable bonds is 5. The van der Waals surface area contributed by atoms with Gasteiger partial charge in [-0.05, 0) is 44.7 Å². The third-order valence-electron chi connectivity index (χ3n) is 4.44. The minimum Gasteiger partial charge on any atom is -0.466 e. The number of piperidine rings is 1. The molecular formula is C18H24F2N2O3. The molecule has 1 fully saturated rings. The molecule has 1 heterocycles. The zero-order valence-corrected chi connectivity index (χ0v) is 14.6. The maximum atomic E-state index is 14.1. The van der Waals surface area contributed by atoms with Crippen molar-refractivity contribution in [3.63, 3.8) is 0 Å². The highest BCUT2D eigenvalue weighted by molar-refractivity contribution is 5.80. The lowest BCUT2D eigenvalue weighted by molar-refractivity contribution is -0.158. The van der Waals surface area contributed by atoms with Crippen molar-refractivity contribution in [3.8, 4) is 0 Å². The summed E-state index contributed by atoms with van der Waals surface area (Å²) in [5.74, 6) is -1.81. The Hall–Kier alpha value is -2.18. The highest BCUT2D eigenvalue weighted by atomic mass is 19.1. The van der Waals surface area contributed by atoms with Crippen molar-refractivity contribution in [1.82, 2.24) is 10.2 Å². The molecule has 0 bridgehead atoms. The van der Waals surface area contributed by atoms with E-state index in [1.54, 1.807) is 11.8 Å². The van der Waals surface area contributed by atoms with Crippen LogP contribution in [0.15, 0.2) is 18.2 Å². The van der Waals surface area contributed by atoms with E-state index in [9.17, 15) is 18.4 Å². The van der Waals surface area contributed by atoms with E-state index in [4.69, 9.17) is 4.74 Å². The molecule has 0 spiro atoms. The number of ether oxygens (including phenoxy) is 1. The van der Waals surface area contributed by atoms with Crippen molar-refractivity contribution in [3.05, 3.63) is 35.4 Å². The second-order valence-electron chi connectivity index (χ2n) is 6.27. The summed E-state index contributed by atoms with van der Waals surface area (Å²) in [6.45, 7) is 4.87. The van der Waals surface area contributed by atoms with E-state index < -0.39 is 23.0 Å². The van der Waals surface area contributed by atoms with E-state index in [0.717, 1.165) is 6.07 Å². The first-order valence-corrected chi connectivity index (χ1v) is 8.56. The average Bonchev–Trinajstić information content (AvgIpc) is 2.58. The summed E-state index contributed by atoms with van der Waals surface area (Å²) in [4.78, 5) is 26.4. The second kappa shape index (κ2) is 8.27. The summed E-state index contributed by atoms with van der Waals surface area (Å²) in [5.41, 5.74) is -0.787. The summed E-state index contributed by atoms with van der Waals surface area (Å²) in [6.07, 6.45) is 1.16. The van der Waals surface area contributed by atoms with Gasteiger partial charge in [0, 0.05) is 25.7 Å². The lowest BCUT2D eigenvalue weighted by atomic mass is 9.75. The van der Waals surface area contributed by atoms with E-state index in [-0.39, 0.29) is 31.2 Å². The number of nitrogens with zero attached hydrogens (tertiary/aromatic N) is 1. The zero-order valence-electron chi connectivity index (χ0n) is 14.6. The molecule has 1 aromatic rings. The van der Waals surface area contributed by atoms with Crippen LogP contribution in [0, 0.1) is 17.0 Å². The van der Waals surface area contributed by atoms with Crippen LogP contribution in [-0.2, 0) is 16.0 Å². The van der Waals surface area contributed by atoms with Crippen LogP contribution in [0.25, 0.3) is 0 Å². The molecule has 0 aliphatic carbocycles. The van der Waals surface area contributed by atoms with Crippen molar-refractivity contribution >= 4 is 12.0 Å². The van der Waals surface area contributed by atoms with Crippen LogP contribution in [0.2, 0.25) is 0 Å². The van der Waals surface area contributed by atoms with Gasteiger partial charge in [0.15, 0.2) is 0 Å². The standard InChI is InChI=1S/C18H24F2N2O3/c1-3-21-17(24)22-9-5-8-18(12-22,16(23)25-4-2)11-13-6-7-14(19)10-15(13)20/h6-7,10H,3-5,8-9,11-12H2,1-2H3,(H,21,24)/t18-/m0/s1. The van der Waals surface area contributed by atoms with Gasteiger partial charge in [0.25, 0.3) is 0 Å². The van der Waals surface area contributed by atoms with Crippen LogP contribution < -0.4 is 5.32 Å². The Morgan fingerprint density at radius 2 is 2.08 bits per heavy atom. The third kappa shape index (κ3) is 4.46. The Kier molecular flexibility index (Phi) is 6.33. The maximum absolute atomic E-state index is 14.1. The molecule has 1 aliphatic heterocycles. The van der Waals surface area contributed by atoms with Crippen LogP contribution in [0.3, 0.4) is 0 Å². The fourth-order valence-electron chi connectivity index (χ4n) is 3.27. The maximum Gasteiger partial charge on any atom is 0.317 e. The molecule has 1 N–H and O–H groups in total. The largest absolute Gasteiger partial charge is 0.466 e. The van der Waals surface area contributed by atoms with Gasteiger partial charge in [0.1, 0.15) is 11.6 Å². The van der Waals surface area contributed by atoms with Gasteiger partial charge in [-0.25, -0.2) is 13.6 Å². The first-order chi connectivity index (χ1) is 11.9. The lowest BCUT2D eigenvalue weighted by Gasteiger charge is -2.41. The molecule has 0 saturated carbocycles. The van der Waals surface area contributed by atoms with Crippen LogP contribution >= 0.6 is 0 Å². The molecule has 0 aromatic heterocycles. The molecule has 0 radical (unpaired) electrons. The normalized spacial score (nSPS) is 20.2. The Morgan fingerprint density at radius 3 is 2.72 bits per heavy atom. The average molecular weight is 354 g/mol. The number of amides is 2. The number of urea groups is 1. The van der Waals surface area contributed by atoms with Crippen molar-refractivity contribution in [1.29, 1.82) is 0 Å². The molecule has 2 rings (SSSR count). The molecule has 1 saturated heterocycles. The second-order valence-corrected chi connectivity index (χ2v) is 6.27. The van der Waals surface area contributed by atoms with Crippen molar-refractivity contribution in [2.45, 2.75) is 33.1 Å². The predicted molar refractivity (Wildman–Crippen MR) is 89.0 cm³/mol. The fraction of sp³-hybridized carbons (Fsp3) is 0.556. The van der Waals surface area contributed by atoms with Gasteiger partial charge >= 0.3 is 12.0 Å². The van der Waals surface area contributed by atoms with Gasteiger partial charge < -0.3 is 15.0 Å². The van der Waals surface area contributed by atoms with Crippen molar-refractivity contribution < 1.29 is 23.1 Å². The minimum atomic E-state index is -1.03. The first kappa shape index (κ1) is 19.1. The number of nitrogens with one attached hydrogen (secondary N) is 1. The minimum absolute atomic E-state index is 0.0633. The number of carbonyl (C=O) groups is 2. The summed E-state index contributed by atoms with van der Waals surface area (Å²) in [6, 6.07) is 3.06. The number of hydrogen-bond acceptors (Lipinski definition) is 3. The topological polar surface area (TPSA) is 58.6 Å². The van der Waals surface area contributed by atoms with Gasteiger partial charge in [0.05, 0.1) is 12.0 Å². The van der Waals surface area contributed by atoms with Crippen LogP contribution in [0.4, 0.5) is 13.6 Å². The van der Waals surface area contributed by atoms with Gasteiger partial charge in [-0.15, -0.1) is 0 Å². The van der Waals surface area contributed by atoms with E-state index in [1.165, 1.54) is 12.1 Å². The molecule has 5 nitrogen and oxygen atoms in total. The van der Waals surface area contributed by atoms with Crippen molar-refractivity contribution in [2.75, 3.05) is 26.2 Å².